The number of halogens is 1. The van der Waals surface area contributed by atoms with Crippen LogP contribution in [-0.2, 0) is 12.5 Å². The van der Waals surface area contributed by atoms with Crippen LogP contribution in [0.1, 0.15) is 26.1 Å². The van der Waals surface area contributed by atoms with Crippen LogP contribution in [-0.4, -0.2) is 26.0 Å². The predicted molar refractivity (Wildman–Crippen MR) is 96.9 cm³/mol. The third kappa shape index (κ3) is 2.70. The van der Waals surface area contributed by atoms with Crippen LogP contribution in [0.15, 0.2) is 48.6 Å². The Hall–Kier alpha value is -1.91. The average Bonchev–Trinajstić information content (AvgIpc) is 2.97. The molecule has 4 nitrogen and oxygen atoms in total. The van der Waals surface area contributed by atoms with E-state index >= 15 is 0 Å². The maximum Gasteiger partial charge on any atom is 0.165 e. The zero-order valence-corrected chi connectivity index (χ0v) is 14.9. The van der Waals surface area contributed by atoms with Crippen LogP contribution >= 0.6 is 11.6 Å². The highest BCUT2D eigenvalue weighted by Crippen LogP contribution is 2.40. The molecule has 0 amide bonds. The van der Waals surface area contributed by atoms with Crippen molar-refractivity contribution in [3.63, 3.8) is 0 Å². The fourth-order valence-electron chi connectivity index (χ4n) is 3.43. The molecule has 1 aliphatic carbocycles. The van der Waals surface area contributed by atoms with Crippen LogP contribution in [0.3, 0.4) is 0 Å². The van der Waals surface area contributed by atoms with Gasteiger partial charge < -0.3 is 9.67 Å². The van der Waals surface area contributed by atoms with Gasteiger partial charge in [-0.25, -0.2) is 0 Å². The highest BCUT2D eigenvalue weighted by Gasteiger charge is 2.41. The summed E-state index contributed by atoms with van der Waals surface area (Å²) in [4.78, 5) is 0. The molecule has 0 saturated carbocycles. The molecule has 1 aliphatic rings. The normalized spacial score (nSPS) is 24.3. The summed E-state index contributed by atoms with van der Waals surface area (Å²) in [7, 11) is 1.95. The Bertz CT molecular complexity index is 796. The van der Waals surface area contributed by atoms with Crippen LogP contribution in [0.4, 0.5) is 0 Å². The Morgan fingerprint density at radius 3 is 2.75 bits per heavy atom. The van der Waals surface area contributed by atoms with E-state index in [-0.39, 0.29) is 5.92 Å². The van der Waals surface area contributed by atoms with Gasteiger partial charge in [-0.2, -0.15) is 0 Å². The Morgan fingerprint density at radius 1 is 1.29 bits per heavy atom. The van der Waals surface area contributed by atoms with Crippen molar-refractivity contribution in [2.75, 3.05) is 0 Å². The summed E-state index contributed by atoms with van der Waals surface area (Å²) in [5.74, 6) is 1.49. The lowest BCUT2D eigenvalue weighted by Crippen LogP contribution is -2.40. The lowest BCUT2D eigenvalue weighted by Gasteiger charge is -2.36. The molecular weight excluding hydrogens is 322 g/mol. The minimum Gasteiger partial charge on any atom is -0.392 e. The number of allylic oxidation sites excluding steroid dienone is 3. The number of aliphatic hydroxyl groups is 1. The monoisotopic (exact) mass is 343 g/mol. The van der Waals surface area contributed by atoms with Crippen molar-refractivity contribution in [2.24, 2.45) is 13.0 Å². The van der Waals surface area contributed by atoms with E-state index in [0.29, 0.717) is 11.4 Å². The summed E-state index contributed by atoms with van der Waals surface area (Å²) in [6.07, 6.45) is 8.39. The maximum atomic E-state index is 10.5. The van der Waals surface area contributed by atoms with Crippen molar-refractivity contribution >= 4 is 11.6 Å². The average molecular weight is 344 g/mol. The van der Waals surface area contributed by atoms with Crippen molar-refractivity contribution in [1.82, 2.24) is 14.8 Å². The minimum absolute atomic E-state index is 0.0468. The fraction of sp³-hybridized carbons (Fsp3) is 0.368. The molecule has 3 unspecified atom stereocenters. The molecule has 0 fully saturated rings. The first-order valence-corrected chi connectivity index (χ1v) is 8.55. The van der Waals surface area contributed by atoms with E-state index in [4.69, 9.17) is 11.6 Å². The van der Waals surface area contributed by atoms with Crippen molar-refractivity contribution < 1.29 is 5.11 Å². The second-order valence-electron chi connectivity index (χ2n) is 6.41. The zero-order valence-electron chi connectivity index (χ0n) is 14.1. The topological polar surface area (TPSA) is 50.9 Å². The summed E-state index contributed by atoms with van der Waals surface area (Å²) in [6.45, 7) is 4.08. The number of rotatable bonds is 4. The van der Waals surface area contributed by atoms with Gasteiger partial charge in [0.05, 0.1) is 16.5 Å². The number of hydrogen-bond donors (Lipinski definition) is 1. The number of hydrogen-bond acceptors (Lipinski definition) is 3. The van der Waals surface area contributed by atoms with Crippen LogP contribution in [0.5, 0.6) is 0 Å². The number of benzene rings is 1. The summed E-state index contributed by atoms with van der Waals surface area (Å²) >= 11 is 6.32. The van der Waals surface area contributed by atoms with Crippen molar-refractivity contribution in [3.05, 3.63) is 59.4 Å². The van der Waals surface area contributed by atoms with Crippen LogP contribution in [0, 0.1) is 5.92 Å². The molecule has 1 heterocycles. The van der Waals surface area contributed by atoms with Crippen LogP contribution in [0.25, 0.3) is 11.4 Å². The largest absolute Gasteiger partial charge is 0.392 e. The SMILES string of the molecule is CCC(O)C1C=CC=CC1(C)c1nnc(-c2ccccc2Cl)n1C. The molecule has 0 bridgehead atoms. The summed E-state index contributed by atoms with van der Waals surface area (Å²) in [5.41, 5.74) is 0.428. The molecular formula is C19H22ClN3O. The van der Waals surface area contributed by atoms with Crippen molar-refractivity contribution in [3.8, 4) is 11.4 Å². The third-order valence-electron chi connectivity index (χ3n) is 4.87. The summed E-state index contributed by atoms with van der Waals surface area (Å²) in [6, 6.07) is 7.62. The van der Waals surface area contributed by atoms with Crippen LogP contribution < -0.4 is 0 Å². The van der Waals surface area contributed by atoms with E-state index in [1.165, 1.54) is 0 Å². The molecule has 0 spiro atoms. The molecule has 2 aromatic rings. The minimum atomic E-state index is -0.434. The standard InChI is InChI=1S/C19H22ClN3O/c1-4-16(24)14-10-7-8-12-19(14,2)18-22-21-17(23(18)3)13-9-5-6-11-15(13)20/h5-12,14,16,24H,4H2,1-3H3. The molecule has 3 rings (SSSR count). The second-order valence-corrected chi connectivity index (χ2v) is 6.82. The van der Waals surface area contributed by atoms with Gasteiger partial charge in [-0.3, -0.25) is 0 Å². The van der Waals surface area contributed by atoms with Gasteiger partial charge in [-0.05, 0) is 25.5 Å². The summed E-state index contributed by atoms with van der Waals surface area (Å²) < 4.78 is 1.97. The third-order valence-corrected chi connectivity index (χ3v) is 5.20. The van der Waals surface area contributed by atoms with Gasteiger partial charge in [0, 0.05) is 18.5 Å². The molecule has 1 N–H and O–H groups in total. The zero-order chi connectivity index (χ0) is 17.3. The molecule has 3 atom stereocenters. The van der Waals surface area contributed by atoms with Gasteiger partial charge in [0.15, 0.2) is 5.82 Å². The highest BCUT2D eigenvalue weighted by atomic mass is 35.5. The van der Waals surface area contributed by atoms with Gasteiger partial charge in [0.25, 0.3) is 0 Å². The van der Waals surface area contributed by atoms with Gasteiger partial charge in [0.2, 0.25) is 0 Å². The molecule has 1 aromatic heterocycles. The lowest BCUT2D eigenvalue weighted by molar-refractivity contribution is 0.0942. The van der Waals surface area contributed by atoms with Gasteiger partial charge in [-0.15, -0.1) is 10.2 Å². The van der Waals surface area contributed by atoms with Gasteiger partial charge in [-0.1, -0.05) is 55.0 Å². The molecule has 24 heavy (non-hydrogen) atoms. The van der Waals surface area contributed by atoms with E-state index in [9.17, 15) is 5.11 Å². The smallest absolute Gasteiger partial charge is 0.165 e. The fourth-order valence-corrected chi connectivity index (χ4v) is 3.65. The molecule has 1 aromatic carbocycles. The van der Waals surface area contributed by atoms with E-state index in [1.54, 1.807) is 0 Å². The molecule has 5 heteroatoms. The summed E-state index contributed by atoms with van der Waals surface area (Å²) in [5, 5.41) is 20.0. The first-order chi connectivity index (χ1) is 11.5. The van der Waals surface area contributed by atoms with Crippen molar-refractivity contribution in [1.29, 1.82) is 0 Å². The molecule has 0 radical (unpaired) electrons. The number of nitrogens with zero attached hydrogens (tertiary/aromatic N) is 3. The molecule has 0 saturated heterocycles. The maximum absolute atomic E-state index is 10.5. The predicted octanol–water partition coefficient (Wildman–Crippen LogP) is 3.91. The van der Waals surface area contributed by atoms with E-state index in [0.717, 1.165) is 17.2 Å². The lowest BCUT2D eigenvalue weighted by atomic mass is 9.70. The van der Waals surface area contributed by atoms with Crippen molar-refractivity contribution in [2.45, 2.75) is 31.8 Å². The Kier molecular flexibility index (Phi) is 4.61. The van der Waals surface area contributed by atoms with E-state index in [2.05, 4.69) is 29.3 Å². The first-order valence-electron chi connectivity index (χ1n) is 8.18. The molecule has 0 aliphatic heterocycles. The quantitative estimate of drug-likeness (QED) is 0.915. The number of aromatic nitrogens is 3. The second kappa shape index (κ2) is 6.54. The Balaban J connectivity index is 2.09. The van der Waals surface area contributed by atoms with Gasteiger partial charge in [0.1, 0.15) is 5.82 Å². The van der Waals surface area contributed by atoms with E-state index in [1.807, 2.05) is 55.0 Å². The number of aliphatic hydroxyl groups excluding tert-OH is 1. The highest BCUT2D eigenvalue weighted by molar-refractivity contribution is 6.33. The Morgan fingerprint density at radius 2 is 2.04 bits per heavy atom. The van der Waals surface area contributed by atoms with Crippen LogP contribution in [0.2, 0.25) is 5.02 Å². The van der Waals surface area contributed by atoms with E-state index < -0.39 is 11.5 Å². The first kappa shape index (κ1) is 16.9. The van der Waals surface area contributed by atoms with Gasteiger partial charge >= 0.3 is 0 Å². The Labute approximate surface area is 147 Å². The molecule has 126 valence electrons.